The number of carboxylic acids is 1. The predicted octanol–water partition coefficient (Wildman–Crippen LogP) is 3.41. The molecule has 1 saturated heterocycles. The maximum absolute atomic E-state index is 14.9. The average molecular weight is 491 g/mol. The number of rotatable bonds is 5. The molecule has 0 spiro atoms. The SMILES string of the molecule is O=C(O)c1cn(C2CC2)c2cc(N3CCN(C(=O)CC(F)(F)C(F)(F)F)CC3)c(F)cc2c1=O. The Balaban J connectivity index is 1.57. The fourth-order valence-electron chi connectivity index (χ4n) is 4.01. The minimum absolute atomic E-state index is 0.0351. The number of anilines is 1. The van der Waals surface area contributed by atoms with E-state index in [-0.39, 0.29) is 43.3 Å². The highest BCUT2D eigenvalue weighted by Crippen LogP contribution is 2.39. The highest BCUT2D eigenvalue weighted by atomic mass is 19.4. The van der Waals surface area contributed by atoms with Crippen molar-refractivity contribution in [3.8, 4) is 0 Å². The molecule has 0 radical (unpaired) electrons. The molecule has 2 aliphatic rings. The largest absolute Gasteiger partial charge is 0.477 e. The van der Waals surface area contributed by atoms with E-state index in [4.69, 9.17) is 0 Å². The molecule has 184 valence electrons. The van der Waals surface area contributed by atoms with Crippen molar-refractivity contribution in [2.75, 3.05) is 31.1 Å². The smallest absolute Gasteiger partial charge is 0.453 e. The van der Waals surface area contributed by atoms with Crippen LogP contribution >= 0.6 is 0 Å². The summed E-state index contributed by atoms with van der Waals surface area (Å²) < 4.78 is 80.1. The van der Waals surface area contributed by atoms with E-state index in [0.29, 0.717) is 5.52 Å². The Kier molecular flexibility index (Phi) is 5.76. The second-order valence-electron chi connectivity index (χ2n) is 8.38. The molecule has 0 unspecified atom stereocenters. The van der Waals surface area contributed by atoms with Crippen LogP contribution in [-0.2, 0) is 4.79 Å². The number of amides is 1. The molecule has 1 aliphatic heterocycles. The summed E-state index contributed by atoms with van der Waals surface area (Å²) in [6.07, 6.45) is -5.10. The van der Waals surface area contributed by atoms with Crippen LogP contribution < -0.4 is 10.3 Å². The Bertz CT molecular complexity index is 1210. The third-order valence-electron chi connectivity index (χ3n) is 6.03. The van der Waals surface area contributed by atoms with Gasteiger partial charge in [-0.15, -0.1) is 0 Å². The Labute approximate surface area is 188 Å². The molecule has 7 nitrogen and oxygen atoms in total. The van der Waals surface area contributed by atoms with E-state index >= 15 is 0 Å². The van der Waals surface area contributed by atoms with Gasteiger partial charge >= 0.3 is 18.1 Å². The van der Waals surface area contributed by atoms with Crippen LogP contribution in [0.5, 0.6) is 0 Å². The number of carbonyl (C=O) groups excluding carboxylic acids is 1. The lowest BCUT2D eigenvalue weighted by molar-refractivity contribution is -0.282. The predicted molar refractivity (Wildman–Crippen MR) is 108 cm³/mol. The molecule has 2 aromatic rings. The summed E-state index contributed by atoms with van der Waals surface area (Å²) in [6.45, 7) is -0.464. The molecular formula is C21H19F6N3O4. The molecule has 34 heavy (non-hydrogen) atoms. The van der Waals surface area contributed by atoms with Crippen LogP contribution in [0.25, 0.3) is 10.9 Å². The van der Waals surface area contributed by atoms with Crippen molar-refractivity contribution in [1.82, 2.24) is 9.47 Å². The average Bonchev–Trinajstić information content (AvgIpc) is 3.58. The summed E-state index contributed by atoms with van der Waals surface area (Å²) in [5.74, 6) is -8.75. The van der Waals surface area contributed by atoms with Crippen molar-refractivity contribution in [2.45, 2.75) is 37.4 Å². The summed E-state index contributed by atoms with van der Waals surface area (Å²) in [7, 11) is 0. The van der Waals surface area contributed by atoms with Gasteiger partial charge in [-0.05, 0) is 25.0 Å². The Morgan fingerprint density at radius 2 is 1.65 bits per heavy atom. The van der Waals surface area contributed by atoms with Crippen LogP contribution in [0.15, 0.2) is 23.1 Å². The van der Waals surface area contributed by atoms with E-state index in [1.807, 2.05) is 0 Å². The first kappa shape index (κ1) is 23.9. The summed E-state index contributed by atoms with van der Waals surface area (Å²) >= 11 is 0. The van der Waals surface area contributed by atoms with Crippen molar-refractivity contribution in [1.29, 1.82) is 0 Å². The van der Waals surface area contributed by atoms with E-state index in [0.717, 1.165) is 23.8 Å². The molecule has 1 N–H and O–H groups in total. The monoisotopic (exact) mass is 491 g/mol. The van der Waals surface area contributed by atoms with Crippen LogP contribution in [0.2, 0.25) is 0 Å². The number of fused-ring (bicyclic) bond motifs is 1. The number of halogens is 6. The molecule has 1 saturated carbocycles. The molecular weight excluding hydrogens is 472 g/mol. The fourth-order valence-corrected chi connectivity index (χ4v) is 4.01. The first-order chi connectivity index (χ1) is 15.8. The van der Waals surface area contributed by atoms with Gasteiger partial charge in [-0.3, -0.25) is 9.59 Å². The molecule has 1 aromatic carbocycles. The number of aromatic nitrogens is 1. The molecule has 2 heterocycles. The number of piperazine rings is 1. The maximum atomic E-state index is 14.9. The molecule has 1 aliphatic carbocycles. The number of carbonyl (C=O) groups is 2. The molecule has 1 amide bonds. The zero-order chi connectivity index (χ0) is 25.0. The van der Waals surface area contributed by atoms with Crippen LogP contribution in [0, 0.1) is 5.82 Å². The second kappa shape index (κ2) is 8.20. The minimum atomic E-state index is -5.84. The van der Waals surface area contributed by atoms with Gasteiger partial charge in [0.25, 0.3) is 0 Å². The highest BCUT2D eigenvalue weighted by Gasteiger charge is 2.58. The third kappa shape index (κ3) is 4.30. The van der Waals surface area contributed by atoms with E-state index in [2.05, 4.69) is 0 Å². The third-order valence-corrected chi connectivity index (χ3v) is 6.03. The van der Waals surface area contributed by atoms with Gasteiger partial charge in [0.15, 0.2) is 0 Å². The van der Waals surface area contributed by atoms with Crippen molar-refractivity contribution in [3.05, 3.63) is 39.9 Å². The van der Waals surface area contributed by atoms with Crippen molar-refractivity contribution < 1.29 is 41.0 Å². The first-order valence-corrected chi connectivity index (χ1v) is 10.4. The lowest BCUT2D eigenvalue weighted by Gasteiger charge is -2.37. The van der Waals surface area contributed by atoms with Gasteiger partial charge in [0.05, 0.1) is 11.2 Å². The van der Waals surface area contributed by atoms with Gasteiger partial charge in [-0.1, -0.05) is 0 Å². The lowest BCUT2D eigenvalue weighted by atomic mass is 10.1. The zero-order valence-electron chi connectivity index (χ0n) is 17.5. The second-order valence-corrected chi connectivity index (χ2v) is 8.38. The number of aromatic carboxylic acids is 1. The quantitative estimate of drug-likeness (QED) is 0.649. The number of carboxylic acid groups (broad SMARTS) is 1. The van der Waals surface area contributed by atoms with Crippen molar-refractivity contribution in [3.63, 3.8) is 0 Å². The van der Waals surface area contributed by atoms with E-state index in [1.54, 1.807) is 4.57 Å². The van der Waals surface area contributed by atoms with Crippen LogP contribution in [0.1, 0.15) is 35.7 Å². The first-order valence-electron chi connectivity index (χ1n) is 10.4. The zero-order valence-corrected chi connectivity index (χ0v) is 17.5. The molecule has 13 heteroatoms. The Hall–Kier alpha value is -3.25. The number of pyridine rings is 1. The molecule has 0 atom stereocenters. The number of benzene rings is 1. The highest BCUT2D eigenvalue weighted by molar-refractivity contribution is 5.93. The number of alkyl halides is 5. The van der Waals surface area contributed by atoms with Gasteiger partial charge in [-0.25, -0.2) is 9.18 Å². The number of hydrogen-bond donors (Lipinski definition) is 1. The molecule has 1 aromatic heterocycles. The fraction of sp³-hybridized carbons (Fsp3) is 0.476. The van der Waals surface area contributed by atoms with Crippen LogP contribution in [0.3, 0.4) is 0 Å². The Morgan fingerprint density at radius 1 is 1.03 bits per heavy atom. The molecule has 4 rings (SSSR count). The number of hydrogen-bond acceptors (Lipinski definition) is 4. The number of nitrogens with zero attached hydrogens (tertiary/aromatic N) is 3. The summed E-state index contributed by atoms with van der Waals surface area (Å²) in [6, 6.07) is 2.30. The van der Waals surface area contributed by atoms with Crippen molar-refractivity contribution in [2.24, 2.45) is 0 Å². The molecule has 2 fully saturated rings. The maximum Gasteiger partial charge on any atom is 0.453 e. The molecule has 0 bridgehead atoms. The van der Waals surface area contributed by atoms with E-state index in [9.17, 15) is 45.8 Å². The Morgan fingerprint density at radius 3 is 2.18 bits per heavy atom. The van der Waals surface area contributed by atoms with Gasteiger partial charge in [0.1, 0.15) is 17.8 Å². The topological polar surface area (TPSA) is 82.8 Å². The van der Waals surface area contributed by atoms with Gasteiger partial charge in [0.2, 0.25) is 11.3 Å². The van der Waals surface area contributed by atoms with Gasteiger partial charge in [0, 0.05) is 43.8 Å². The normalized spacial score (nSPS) is 17.4. The lowest BCUT2D eigenvalue weighted by Crippen LogP contribution is -2.51. The summed E-state index contributed by atoms with van der Waals surface area (Å²) in [5.41, 5.74) is -0.922. The summed E-state index contributed by atoms with van der Waals surface area (Å²) in [4.78, 5) is 38.3. The van der Waals surface area contributed by atoms with Crippen LogP contribution in [0.4, 0.5) is 32.0 Å². The summed E-state index contributed by atoms with van der Waals surface area (Å²) in [5, 5.41) is 9.21. The standard InChI is InChI=1S/C21H19F6N3O4/c22-14-7-12-15(30(11-1-2-11)10-13(18(12)32)19(33)34)8-16(14)28-3-5-29(6-4-28)17(31)9-20(23,24)21(25,26)27/h7-8,10-11H,1-6,9H2,(H,33,34). The minimum Gasteiger partial charge on any atom is -0.477 e. The van der Waals surface area contributed by atoms with Gasteiger partial charge in [-0.2, -0.15) is 22.0 Å². The van der Waals surface area contributed by atoms with E-state index in [1.165, 1.54) is 17.2 Å². The van der Waals surface area contributed by atoms with Gasteiger partial charge < -0.3 is 19.5 Å². The van der Waals surface area contributed by atoms with E-state index < -0.39 is 47.2 Å². The van der Waals surface area contributed by atoms with Crippen molar-refractivity contribution >= 4 is 28.5 Å². The van der Waals surface area contributed by atoms with Crippen LogP contribution in [-0.4, -0.2) is 64.7 Å².